The Kier molecular flexibility index (Phi) is 7.56. The van der Waals surface area contributed by atoms with Gasteiger partial charge in [0.15, 0.2) is 0 Å². The highest BCUT2D eigenvalue weighted by atomic mass is 32.1. The smallest absolute Gasteiger partial charge is 0.264 e. The zero-order valence-corrected chi connectivity index (χ0v) is 34.3. The van der Waals surface area contributed by atoms with E-state index in [0.717, 1.165) is 0 Å². The molecule has 0 atom stereocenters. The van der Waals surface area contributed by atoms with E-state index in [1.54, 1.807) is 0 Å². The lowest BCUT2D eigenvalue weighted by Crippen LogP contribution is -2.60. The number of rotatable bonds is 3. The van der Waals surface area contributed by atoms with Gasteiger partial charge >= 0.3 is 0 Å². The molecule has 268 valence electrons. The summed E-state index contributed by atoms with van der Waals surface area (Å²) in [5.74, 6) is 0.368. The van der Waals surface area contributed by atoms with Crippen LogP contribution in [0.25, 0.3) is 10.1 Å². The second-order valence-corrected chi connectivity index (χ2v) is 19.9. The molecular formula is C49H53BN2S. The second-order valence-electron chi connectivity index (χ2n) is 18.8. The van der Waals surface area contributed by atoms with Crippen LogP contribution in [0.1, 0.15) is 114 Å². The molecule has 0 saturated carbocycles. The molecule has 0 saturated heterocycles. The Hall–Kier alpha value is -4.28. The number of aryl methyl sites for hydroxylation is 2. The van der Waals surface area contributed by atoms with Gasteiger partial charge < -0.3 is 9.80 Å². The zero-order chi connectivity index (χ0) is 37.4. The standard InChI is InChI=1S/C49H53BN2S/c1-29(2)32-24-41-44-42(25-32)52(39-19-15-13-17-31(39)4)45-34-27-35-36(49(10,11)23-22-48(35,8)9)28-43(34)53-46(45)50(44)37-26-33(47(5,6)7)20-21-40(37)51(41)38-18-14-12-16-30(38)3/h12-21,24-29H,22-23H2,1-11H3. The van der Waals surface area contributed by atoms with E-state index in [1.807, 2.05) is 11.3 Å². The summed E-state index contributed by atoms with van der Waals surface area (Å²) in [7, 11) is 0. The molecule has 0 N–H and O–H groups in total. The van der Waals surface area contributed by atoms with Crippen molar-refractivity contribution < 1.29 is 0 Å². The minimum atomic E-state index is 0.0220. The number of para-hydroxylation sites is 2. The minimum absolute atomic E-state index is 0.0220. The molecule has 6 aromatic rings. The van der Waals surface area contributed by atoms with Crippen molar-refractivity contribution in [2.24, 2.45) is 0 Å². The fourth-order valence-corrected chi connectivity index (χ4v) is 10.8. The van der Waals surface area contributed by atoms with Crippen LogP contribution in [-0.4, -0.2) is 6.71 Å². The number of hydrogen-bond acceptors (Lipinski definition) is 3. The van der Waals surface area contributed by atoms with Crippen LogP contribution in [-0.2, 0) is 16.2 Å². The van der Waals surface area contributed by atoms with Gasteiger partial charge in [-0.3, -0.25) is 0 Å². The van der Waals surface area contributed by atoms with Crippen molar-refractivity contribution in [3.63, 3.8) is 0 Å². The Morgan fingerprint density at radius 2 is 1.23 bits per heavy atom. The molecule has 0 unspecified atom stereocenters. The zero-order valence-electron chi connectivity index (χ0n) is 33.5. The molecule has 9 rings (SSSR count). The highest BCUT2D eigenvalue weighted by Crippen LogP contribution is 2.53. The Balaban J connectivity index is 1.46. The van der Waals surface area contributed by atoms with Crippen molar-refractivity contribution in [3.05, 3.63) is 124 Å². The Morgan fingerprint density at radius 1 is 0.660 bits per heavy atom. The van der Waals surface area contributed by atoms with Crippen LogP contribution in [0, 0.1) is 13.8 Å². The largest absolute Gasteiger partial charge is 0.311 e. The van der Waals surface area contributed by atoms with Gasteiger partial charge in [-0.25, -0.2) is 0 Å². The highest BCUT2D eigenvalue weighted by Gasteiger charge is 2.47. The summed E-state index contributed by atoms with van der Waals surface area (Å²) in [6, 6.07) is 35.6. The fraction of sp³-hybridized carbons (Fsp3) is 0.347. The van der Waals surface area contributed by atoms with Gasteiger partial charge in [0.1, 0.15) is 0 Å². The molecule has 0 radical (unpaired) electrons. The van der Waals surface area contributed by atoms with E-state index in [1.165, 1.54) is 106 Å². The first-order valence-corrected chi connectivity index (χ1v) is 20.5. The molecule has 0 fully saturated rings. The van der Waals surface area contributed by atoms with Gasteiger partial charge in [0.25, 0.3) is 6.71 Å². The van der Waals surface area contributed by atoms with Crippen molar-refractivity contribution in [1.29, 1.82) is 0 Å². The quantitative estimate of drug-likeness (QED) is 0.168. The van der Waals surface area contributed by atoms with Crippen LogP contribution in [0.3, 0.4) is 0 Å². The van der Waals surface area contributed by atoms with E-state index >= 15 is 0 Å². The Morgan fingerprint density at radius 3 is 1.81 bits per heavy atom. The van der Waals surface area contributed by atoms with Gasteiger partial charge in [-0.2, -0.15) is 0 Å². The van der Waals surface area contributed by atoms with Gasteiger partial charge in [-0.05, 0) is 136 Å². The number of thiophene rings is 1. The summed E-state index contributed by atoms with van der Waals surface area (Å²) in [5.41, 5.74) is 19.3. The Labute approximate surface area is 322 Å². The van der Waals surface area contributed by atoms with Crippen LogP contribution in [0.4, 0.5) is 34.1 Å². The Bertz CT molecular complexity index is 2470. The van der Waals surface area contributed by atoms with Gasteiger partial charge in [0.2, 0.25) is 0 Å². The molecule has 5 aromatic carbocycles. The predicted octanol–water partition coefficient (Wildman–Crippen LogP) is 12.4. The number of anilines is 6. The molecule has 53 heavy (non-hydrogen) atoms. The summed E-state index contributed by atoms with van der Waals surface area (Å²) in [6.07, 6.45) is 2.42. The molecule has 0 bridgehead atoms. The van der Waals surface area contributed by atoms with Crippen molar-refractivity contribution in [2.45, 2.75) is 111 Å². The van der Waals surface area contributed by atoms with Gasteiger partial charge in [0.05, 0.1) is 5.69 Å². The molecular weight excluding hydrogens is 659 g/mol. The van der Waals surface area contributed by atoms with E-state index < -0.39 is 0 Å². The maximum atomic E-state index is 2.67. The van der Waals surface area contributed by atoms with Crippen molar-refractivity contribution in [1.82, 2.24) is 0 Å². The summed E-state index contributed by atoms with van der Waals surface area (Å²) in [6.45, 7) is 26.3. The van der Waals surface area contributed by atoms with Crippen molar-refractivity contribution >= 4 is 78.0 Å². The summed E-state index contributed by atoms with van der Waals surface area (Å²) in [4.78, 5) is 5.27. The van der Waals surface area contributed by atoms with E-state index in [9.17, 15) is 0 Å². The maximum absolute atomic E-state index is 2.67. The SMILES string of the molecule is Cc1ccccc1N1c2ccc(C(C)(C)C)cc2B2c3sc4cc5c(cc4c3N(c3ccccc3C)c3cc(C(C)C)cc1c32)C(C)(C)CCC5(C)C. The molecule has 0 spiro atoms. The third-order valence-corrected chi connectivity index (χ3v) is 14.1. The maximum Gasteiger partial charge on any atom is 0.264 e. The lowest BCUT2D eigenvalue weighted by Gasteiger charge is -2.44. The molecule has 4 heteroatoms. The van der Waals surface area contributed by atoms with E-state index in [4.69, 9.17) is 0 Å². The number of fused-ring (bicyclic) bond motifs is 7. The third kappa shape index (κ3) is 5.11. The molecule has 2 nitrogen and oxygen atoms in total. The molecule has 1 aromatic heterocycles. The van der Waals surface area contributed by atoms with Crippen LogP contribution in [0.2, 0.25) is 0 Å². The first-order valence-electron chi connectivity index (χ1n) is 19.7. The summed E-state index contributed by atoms with van der Waals surface area (Å²) in [5, 5.41) is 1.40. The summed E-state index contributed by atoms with van der Waals surface area (Å²) < 4.78 is 2.87. The van der Waals surface area contributed by atoms with Crippen molar-refractivity contribution in [3.8, 4) is 0 Å². The monoisotopic (exact) mass is 712 g/mol. The first kappa shape index (κ1) is 34.5. The van der Waals surface area contributed by atoms with Crippen molar-refractivity contribution in [2.75, 3.05) is 9.80 Å². The summed E-state index contributed by atoms with van der Waals surface area (Å²) >= 11 is 2.04. The number of hydrogen-bond donors (Lipinski definition) is 0. The average Bonchev–Trinajstić information content (AvgIpc) is 3.48. The van der Waals surface area contributed by atoms with Gasteiger partial charge in [-0.1, -0.05) is 111 Å². The van der Waals surface area contributed by atoms with E-state index in [2.05, 4.69) is 177 Å². The van der Waals surface area contributed by atoms with Gasteiger partial charge in [-0.15, -0.1) is 11.3 Å². The van der Waals surface area contributed by atoms with E-state index in [0.29, 0.717) is 5.92 Å². The lowest BCUT2D eigenvalue weighted by molar-refractivity contribution is 0.332. The normalized spacial score (nSPS) is 16.8. The molecule has 2 aliphatic heterocycles. The minimum Gasteiger partial charge on any atom is -0.311 e. The number of nitrogens with zero attached hydrogens (tertiary/aromatic N) is 2. The lowest BCUT2D eigenvalue weighted by atomic mass is 9.36. The fourth-order valence-electron chi connectivity index (χ4n) is 9.50. The predicted molar refractivity (Wildman–Crippen MR) is 233 cm³/mol. The van der Waals surface area contributed by atoms with Crippen LogP contribution in [0.5, 0.6) is 0 Å². The van der Waals surface area contributed by atoms with Crippen LogP contribution < -0.4 is 25.5 Å². The second kappa shape index (κ2) is 11.6. The third-order valence-electron chi connectivity index (χ3n) is 12.9. The van der Waals surface area contributed by atoms with Crippen LogP contribution in [0.15, 0.2) is 91.0 Å². The highest BCUT2D eigenvalue weighted by molar-refractivity contribution is 7.33. The molecule has 3 heterocycles. The van der Waals surface area contributed by atoms with E-state index in [-0.39, 0.29) is 23.0 Å². The molecule has 0 amide bonds. The number of benzene rings is 5. The first-order chi connectivity index (χ1) is 25.1. The molecule has 3 aliphatic rings. The van der Waals surface area contributed by atoms with Crippen LogP contribution >= 0.6 is 11.3 Å². The topological polar surface area (TPSA) is 6.48 Å². The average molecular weight is 713 g/mol. The molecule has 1 aliphatic carbocycles. The van der Waals surface area contributed by atoms with Gasteiger partial charge in [0, 0.05) is 43.3 Å².